The van der Waals surface area contributed by atoms with Gasteiger partial charge in [-0.15, -0.1) is 11.3 Å². The van der Waals surface area contributed by atoms with Gasteiger partial charge in [-0.25, -0.2) is 0 Å². The number of hydrogen-bond acceptors (Lipinski definition) is 5. The number of aromatic nitrogens is 1. The largest absolute Gasteiger partial charge is 0.497 e. The predicted octanol–water partition coefficient (Wildman–Crippen LogP) is 3.63. The molecule has 0 radical (unpaired) electrons. The number of hydrogen-bond donors (Lipinski definition) is 2. The van der Waals surface area contributed by atoms with Gasteiger partial charge >= 0.3 is 0 Å². The number of rotatable bonds is 3. The van der Waals surface area contributed by atoms with Gasteiger partial charge in [-0.3, -0.25) is 4.98 Å². The van der Waals surface area contributed by atoms with E-state index in [0.717, 1.165) is 27.2 Å². The Morgan fingerprint density at radius 3 is 3.00 bits per heavy atom. The number of anilines is 3. The quantitative estimate of drug-likeness (QED) is 0.714. The molecule has 2 aromatic heterocycles. The van der Waals surface area contributed by atoms with Gasteiger partial charge in [-0.05, 0) is 17.5 Å². The Kier molecular flexibility index (Phi) is 2.97. The maximum Gasteiger partial charge on any atom is 0.122 e. The number of pyridine rings is 1. The summed E-state index contributed by atoms with van der Waals surface area (Å²) in [6, 6.07) is 7.64. The van der Waals surface area contributed by atoms with Crippen molar-refractivity contribution in [3.63, 3.8) is 0 Å². The molecule has 0 saturated heterocycles. The maximum absolute atomic E-state index is 5.85. The minimum atomic E-state index is 0.660. The Morgan fingerprint density at radius 2 is 2.16 bits per heavy atom. The first kappa shape index (κ1) is 11.8. The molecule has 96 valence electrons. The van der Waals surface area contributed by atoms with Gasteiger partial charge in [0.1, 0.15) is 5.75 Å². The van der Waals surface area contributed by atoms with Gasteiger partial charge in [0.15, 0.2) is 0 Å². The van der Waals surface area contributed by atoms with Gasteiger partial charge in [0.05, 0.1) is 23.7 Å². The van der Waals surface area contributed by atoms with Gasteiger partial charge in [-0.2, -0.15) is 0 Å². The first-order valence-electron chi connectivity index (χ1n) is 5.79. The van der Waals surface area contributed by atoms with Crippen LogP contribution in [0.15, 0.2) is 42.0 Å². The molecule has 0 saturated carbocycles. The van der Waals surface area contributed by atoms with Gasteiger partial charge in [0, 0.05) is 35.1 Å². The number of nitrogen functional groups attached to an aromatic ring is 1. The van der Waals surface area contributed by atoms with Crippen molar-refractivity contribution in [3.05, 3.63) is 42.0 Å². The van der Waals surface area contributed by atoms with Crippen molar-refractivity contribution in [1.29, 1.82) is 0 Å². The van der Waals surface area contributed by atoms with E-state index >= 15 is 0 Å². The van der Waals surface area contributed by atoms with Gasteiger partial charge < -0.3 is 15.8 Å². The van der Waals surface area contributed by atoms with E-state index in [4.69, 9.17) is 10.5 Å². The van der Waals surface area contributed by atoms with Crippen molar-refractivity contribution in [2.24, 2.45) is 0 Å². The molecule has 0 amide bonds. The number of nitrogens with one attached hydrogen (secondary N) is 1. The SMILES string of the molecule is COc1cc(N)cc(Nc2cncc3sccc23)c1. The molecule has 4 nitrogen and oxygen atoms in total. The van der Waals surface area contributed by atoms with Crippen molar-refractivity contribution in [2.75, 3.05) is 18.2 Å². The number of nitrogens with two attached hydrogens (primary N) is 1. The van der Waals surface area contributed by atoms with Crippen LogP contribution >= 0.6 is 11.3 Å². The highest BCUT2D eigenvalue weighted by Crippen LogP contribution is 2.31. The number of fused-ring (bicyclic) bond motifs is 1. The Balaban J connectivity index is 2.01. The average molecular weight is 271 g/mol. The van der Waals surface area contributed by atoms with Gasteiger partial charge in [0.25, 0.3) is 0 Å². The summed E-state index contributed by atoms with van der Waals surface area (Å²) < 4.78 is 6.37. The molecule has 0 spiro atoms. The molecule has 2 heterocycles. The standard InChI is InChI=1S/C14H13N3OS/c1-18-11-5-9(15)4-10(6-11)17-13-7-16-8-14-12(13)2-3-19-14/h2-8,17H,15H2,1H3. The van der Waals surface area contributed by atoms with E-state index in [1.165, 1.54) is 0 Å². The predicted molar refractivity (Wildman–Crippen MR) is 80.3 cm³/mol. The number of nitrogens with zero attached hydrogens (tertiary/aromatic N) is 1. The third-order valence-electron chi connectivity index (χ3n) is 2.82. The molecule has 1 aromatic carbocycles. The lowest BCUT2D eigenvalue weighted by atomic mass is 10.2. The Labute approximate surface area is 114 Å². The smallest absolute Gasteiger partial charge is 0.122 e. The number of methoxy groups -OCH3 is 1. The fourth-order valence-electron chi connectivity index (χ4n) is 1.96. The van der Waals surface area contributed by atoms with Crippen LogP contribution < -0.4 is 15.8 Å². The molecule has 0 aliphatic heterocycles. The molecule has 0 aliphatic carbocycles. The normalized spacial score (nSPS) is 10.6. The number of ether oxygens (including phenoxy) is 1. The Bertz CT molecular complexity index is 724. The summed E-state index contributed by atoms with van der Waals surface area (Å²) in [6.45, 7) is 0. The third-order valence-corrected chi connectivity index (χ3v) is 3.68. The third kappa shape index (κ3) is 2.32. The van der Waals surface area contributed by atoms with E-state index in [1.54, 1.807) is 24.5 Å². The molecule has 3 rings (SSSR count). The first-order valence-corrected chi connectivity index (χ1v) is 6.67. The average Bonchev–Trinajstić information content (AvgIpc) is 2.87. The van der Waals surface area contributed by atoms with E-state index in [-0.39, 0.29) is 0 Å². The van der Waals surface area contributed by atoms with Crippen molar-refractivity contribution in [2.45, 2.75) is 0 Å². The second kappa shape index (κ2) is 4.78. The molecule has 3 aromatic rings. The molecular weight excluding hydrogens is 258 g/mol. The molecule has 0 bridgehead atoms. The van der Waals surface area contributed by atoms with Crippen LogP contribution in [0.25, 0.3) is 10.1 Å². The monoisotopic (exact) mass is 271 g/mol. The van der Waals surface area contributed by atoms with Crippen LogP contribution in [0.1, 0.15) is 0 Å². The van der Waals surface area contributed by atoms with Crippen LogP contribution in [0.4, 0.5) is 17.1 Å². The summed E-state index contributed by atoms with van der Waals surface area (Å²) in [7, 11) is 1.62. The van der Waals surface area contributed by atoms with E-state index in [2.05, 4.69) is 21.7 Å². The van der Waals surface area contributed by atoms with Crippen molar-refractivity contribution in [1.82, 2.24) is 4.98 Å². The summed E-state index contributed by atoms with van der Waals surface area (Å²) in [5, 5.41) is 6.54. The van der Waals surface area contributed by atoms with Crippen LogP contribution in [0.2, 0.25) is 0 Å². The molecule has 0 aliphatic rings. The highest BCUT2D eigenvalue weighted by atomic mass is 32.1. The van der Waals surface area contributed by atoms with Crippen molar-refractivity contribution < 1.29 is 4.74 Å². The number of thiophene rings is 1. The van der Waals surface area contributed by atoms with Crippen LogP contribution in [-0.4, -0.2) is 12.1 Å². The summed E-state index contributed by atoms with van der Waals surface area (Å²) >= 11 is 1.67. The Morgan fingerprint density at radius 1 is 1.26 bits per heavy atom. The summed E-state index contributed by atoms with van der Waals surface area (Å²) in [6.07, 6.45) is 3.68. The fraction of sp³-hybridized carbons (Fsp3) is 0.0714. The molecule has 0 fully saturated rings. The van der Waals surface area contributed by atoms with Crippen LogP contribution in [-0.2, 0) is 0 Å². The van der Waals surface area contributed by atoms with E-state index in [1.807, 2.05) is 24.5 Å². The molecule has 0 unspecified atom stereocenters. The minimum absolute atomic E-state index is 0.660. The lowest BCUT2D eigenvalue weighted by Crippen LogP contribution is -1.95. The van der Waals surface area contributed by atoms with Gasteiger partial charge in [0.2, 0.25) is 0 Å². The zero-order valence-corrected chi connectivity index (χ0v) is 11.2. The second-order valence-corrected chi connectivity index (χ2v) is 5.09. The Hall–Kier alpha value is -2.27. The zero-order valence-electron chi connectivity index (χ0n) is 10.4. The molecule has 5 heteroatoms. The molecular formula is C14H13N3OS. The zero-order chi connectivity index (χ0) is 13.2. The number of benzene rings is 1. The summed E-state index contributed by atoms with van der Waals surface area (Å²) in [4.78, 5) is 4.23. The summed E-state index contributed by atoms with van der Waals surface area (Å²) in [5.41, 5.74) is 8.36. The minimum Gasteiger partial charge on any atom is -0.497 e. The van der Waals surface area contributed by atoms with Gasteiger partial charge in [-0.1, -0.05) is 0 Å². The highest BCUT2D eigenvalue weighted by molar-refractivity contribution is 7.17. The van der Waals surface area contributed by atoms with E-state index in [9.17, 15) is 0 Å². The topological polar surface area (TPSA) is 60.2 Å². The molecule has 19 heavy (non-hydrogen) atoms. The van der Waals surface area contributed by atoms with Crippen LogP contribution in [0.5, 0.6) is 5.75 Å². The van der Waals surface area contributed by atoms with Crippen molar-refractivity contribution >= 4 is 38.5 Å². The fourth-order valence-corrected chi connectivity index (χ4v) is 2.74. The lowest BCUT2D eigenvalue weighted by Gasteiger charge is -2.10. The molecule has 0 atom stereocenters. The highest BCUT2D eigenvalue weighted by Gasteiger charge is 2.05. The first-order chi connectivity index (χ1) is 9.26. The lowest BCUT2D eigenvalue weighted by molar-refractivity contribution is 0.415. The van der Waals surface area contributed by atoms with Crippen LogP contribution in [0.3, 0.4) is 0 Å². The van der Waals surface area contributed by atoms with E-state index < -0.39 is 0 Å². The summed E-state index contributed by atoms with van der Waals surface area (Å²) in [5.74, 6) is 0.730. The molecule has 3 N–H and O–H groups in total. The second-order valence-electron chi connectivity index (χ2n) is 4.14. The van der Waals surface area contributed by atoms with Crippen molar-refractivity contribution in [3.8, 4) is 5.75 Å². The van der Waals surface area contributed by atoms with Crippen LogP contribution in [0, 0.1) is 0 Å². The van der Waals surface area contributed by atoms with E-state index in [0.29, 0.717) is 5.69 Å². The maximum atomic E-state index is 5.85.